The normalized spacial score (nSPS) is 11.0. The van der Waals surface area contributed by atoms with Crippen LogP contribution in [0, 0.1) is 6.92 Å². The van der Waals surface area contributed by atoms with Gasteiger partial charge in [-0.05, 0) is 63.1 Å². The molecule has 5 heteroatoms. The molecule has 0 aromatic heterocycles. The van der Waals surface area contributed by atoms with Crippen molar-refractivity contribution in [2.24, 2.45) is 0 Å². The van der Waals surface area contributed by atoms with Gasteiger partial charge >= 0.3 is 6.09 Å². The zero-order valence-corrected chi connectivity index (χ0v) is 16.0. The predicted octanol–water partition coefficient (Wildman–Crippen LogP) is 5.72. The average Bonchev–Trinajstić information content (AvgIpc) is 2.47. The molecule has 0 radical (unpaired) electrons. The molecule has 24 heavy (non-hydrogen) atoms. The molecule has 2 aromatic carbocycles. The Kier molecular flexibility index (Phi) is 5.89. The molecular weight excluding hydrogens is 368 g/mol. The van der Waals surface area contributed by atoms with Crippen LogP contribution in [-0.2, 0) is 11.3 Å². The summed E-state index contributed by atoms with van der Waals surface area (Å²) in [6.07, 6.45) is -0.456. The molecule has 0 spiro atoms. The predicted molar refractivity (Wildman–Crippen MR) is 103 cm³/mol. The number of carbonyl (C=O) groups excluding carboxylic acids is 1. The molecule has 1 amide bonds. The van der Waals surface area contributed by atoms with E-state index in [1.807, 2.05) is 45.0 Å². The summed E-state index contributed by atoms with van der Waals surface area (Å²) in [7, 11) is 0. The van der Waals surface area contributed by atoms with Gasteiger partial charge in [0.15, 0.2) is 0 Å². The number of ether oxygens (including phenoxy) is 1. The third-order valence-electron chi connectivity index (χ3n) is 3.24. The van der Waals surface area contributed by atoms with E-state index >= 15 is 0 Å². The molecule has 2 N–H and O–H groups in total. The van der Waals surface area contributed by atoms with Crippen LogP contribution in [0.5, 0.6) is 0 Å². The van der Waals surface area contributed by atoms with Crippen molar-refractivity contribution in [1.29, 1.82) is 0 Å². The SMILES string of the molecule is Cc1ccc(CNc2cccc(NC(=O)OC(C)(C)C)c2)cc1Br. The van der Waals surface area contributed by atoms with Crippen LogP contribution in [0.25, 0.3) is 0 Å². The van der Waals surface area contributed by atoms with Crippen molar-refractivity contribution < 1.29 is 9.53 Å². The molecule has 0 fully saturated rings. The van der Waals surface area contributed by atoms with Gasteiger partial charge in [-0.1, -0.05) is 34.1 Å². The van der Waals surface area contributed by atoms with E-state index in [0.717, 1.165) is 10.2 Å². The fraction of sp³-hybridized carbons (Fsp3) is 0.316. The summed E-state index contributed by atoms with van der Waals surface area (Å²) in [6.45, 7) is 8.28. The maximum atomic E-state index is 11.8. The second-order valence-electron chi connectivity index (χ2n) is 6.64. The summed E-state index contributed by atoms with van der Waals surface area (Å²) in [4.78, 5) is 11.8. The number of amides is 1. The van der Waals surface area contributed by atoms with E-state index < -0.39 is 11.7 Å². The first kappa shape index (κ1) is 18.3. The highest BCUT2D eigenvalue weighted by Crippen LogP contribution is 2.20. The number of hydrogen-bond acceptors (Lipinski definition) is 3. The Bertz CT molecular complexity index is 724. The van der Waals surface area contributed by atoms with E-state index in [-0.39, 0.29) is 0 Å². The van der Waals surface area contributed by atoms with Gasteiger partial charge < -0.3 is 10.1 Å². The molecule has 0 aliphatic heterocycles. The Morgan fingerprint density at radius 1 is 1.12 bits per heavy atom. The molecule has 128 valence electrons. The Morgan fingerprint density at radius 2 is 1.83 bits per heavy atom. The second-order valence-corrected chi connectivity index (χ2v) is 7.50. The third-order valence-corrected chi connectivity index (χ3v) is 4.10. The largest absolute Gasteiger partial charge is 0.444 e. The Labute approximate surface area is 151 Å². The molecule has 2 rings (SSSR count). The molecule has 0 aliphatic rings. The van der Waals surface area contributed by atoms with Crippen LogP contribution in [0.4, 0.5) is 16.2 Å². The lowest BCUT2D eigenvalue weighted by Crippen LogP contribution is -2.27. The van der Waals surface area contributed by atoms with E-state index in [4.69, 9.17) is 4.74 Å². The lowest BCUT2D eigenvalue weighted by molar-refractivity contribution is 0.0636. The standard InChI is InChI=1S/C19H23BrN2O2/c1-13-8-9-14(10-17(13)20)12-21-15-6-5-7-16(11-15)22-18(23)24-19(2,3)4/h5-11,21H,12H2,1-4H3,(H,22,23). The first-order chi connectivity index (χ1) is 11.2. The molecular formula is C19H23BrN2O2. The number of aryl methyl sites for hydroxylation is 1. The van der Waals surface area contributed by atoms with Crippen LogP contribution in [0.15, 0.2) is 46.9 Å². The lowest BCUT2D eigenvalue weighted by atomic mass is 10.1. The Hall–Kier alpha value is -2.01. The number of carbonyl (C=O) groups is 1. The van der Waals surface area contributed by atoms with Gasteiger partial charge in [0.05, 0.1) is 0 Å². The van der Waals surface area contributed by atoms with Crippen LogP contribution in [0.3, 0.4) is 0 Å². The summed E-state index contributed by atoms with van der Waals surface area (Å²) in [6, 6.07) is 13.8. The summed E-state index contributed by atoms with van der Waals surface area (Å²) < 4.78 is 6.36. The van der Waals surface area contributed by atoms with E-state index in [1.54, 1.807) is 0 Å². The highest BCUT2D eigenvalue weighted by molar-refractivity contribution is 9.10. The number of halogens is 1. The summed E-state index contributed by atoms with van der Waals surface area (Å²) >= 11 is 3.55. The van der Waals surface area contributed by atoms with Crippen molar-refractivity contribution in [2.75, 3.05) is 10.6 Å². The maximum absolute atomic E-state index is 11.8. The quantitative estimate of drug-likeness (QED) is 0.701. The van der Waals surface area contributed by atoms with Gasteiger partial charge in [-0.3, -0.25) is 5.32 Å². The third kappa shape index (κ3) is 5.89. The van der Waals surface area contributed by atoms with Crippen molar-refractivity contribution in [1.82, 2.24) is 0 Å². The van der Waals surface area contributed by atoms with Crippen molar-refractivity contribution >= 4 is 33.4 Å². The van der Waals surface area contributed by atoms with Crippen LogP contribution < -0.4 is 10.6 Å². The van der Waals surface area contributed by atoms with Crippen LogP contribution in [0.2, 0.25) is 0 Å². The smallest absolute Gasteiger partial charge is 0.412 e. The van der Waals surface area contributed by atoms with Crippen molar-refractivity contribution in [3.05, 3.63) is 58.1 Å². The molecule has 0 atom stereocenters. The summed E-state index contributed by atoms with van der Waals surface area (Å²) in [5, 5.41) is 6.10. The van der Waals surface area contributed by atoms with Crippen molar-refractivity contribution in [3.63, 3.8) is 0 Å². The van der Waals surface area contributed by atoms with Crippen molar-refractivity contribution in [2.45, 2.75) is 39.8 Å². The molecule has 0 bridgehead atoms. The zero-order chi connectivity index (χ0) is 17.7. The minimum absolute atomic E-state index is 0.456. The zero-order valence-electron chi connectivity index (χ0n) is 14.4. The number of hydrogen-bond donors (Lipinski definition) is 2. The van der Waals surface area contributed by atoms with Gasteiger partial charge in [-0.25, -0.2) is 4.79 Å². The molecule has 2 aromatic rings. The van der Waals surface area contributed by atoms with Gasteiger partial charge in [0.1, 0.15) is 5.60 Å². The fourth-order valence-corrected chi connectivity index (χ4v) is 2.51. The number of nitrogens with one attached hydrogen (secondary N) is 2. The van der Waals surface area contributed by atoms with E-state index in [1.165, 1.54) is 11.1 Å². The maximum Gasteiger partial charge on any atom is 0.412 e. The average molecular weight is 391 g/mol. The monoisotopic (exact) mass is 390 g/mol. The molecule has 0 saturated heterocycles. The highest BCUT2D eigenvalue weighted by atomic mass is 79.9. The van der Waals surface area contributed by atoms with E-state index in [2.05, 4.69) is 51.7 Å². The second kappa shape index (κ2) is 7.71. The summed E-state index contributed by atoms with van der Waals surface area (Å²) in [5.74, 6) is 0. The lowest BCUT2D eigenvalue weighted by Gasteiger charge is -2.19. The number of anilines is 2. The van der Waals surface area contributed by atoms with Crippen LogP contribution in [0.1, 0.15) is 31.9 Å². The molecule has 4 nitrogen and oxygen atoms in total. The first-order valence-corrected chi connectivity index (χ1v) is 8.61. The van der Waals surface area contributed by atoms with Crippen molar-refractivity contribution in [3.8, 4) is 0 Å². The van der Waals surface area contributed by atoms with E-state index in [9.17, 15) is 4.79 Å². The minimum atomic E-state index is -0.515. The van der Waals surface area contributed by atoms with Gasteiger partial charge in [-0.2, -0.15) is 0 Å². The van der Waals surface area contributed by atoms with Crippen LogP contribution >= 0.6 is 15.9 Å². The van der Waals surface area contributed by atoms with Crippen LogP contribution in [-0.4, -0.2) is 11.7 Å². The Morgan fingerprint density at radius 3 is 2.50 bits per heavy atom. The number of benzene rings is 2. The molecule has 0 unspecified atom stereocenters. The van der Waals surface area contributed by atoms with Gasteiger partial charge in [0.2, 0.25) is 0 Å². The van der Waals surface area contributed by atoms with Gasteiger partial charge in [0, 0.05) is 22.4 Å². The topological polar surface area (TPSA) is 50.4 Å². The molecule has 0 aliphatic carbocycles. The highest BCUT2D eigenvalue weighted by Gasteiger charge is 2.16. The minimum Gasteiger partial charge on any atom is -0.444 e. The van der Waals surface area contributed by atoms with Gasteiger partial charge in [0.25, 0.3) is 0 Å². The Balaban J connectivity index is 1.97. The van der Waals surface area contributed by atoms with E-state index in [0.29, 0.717) is 12.2 Å². The summed E-state index contributed by atoms with van der Waals surface area (Å²) in [5.41, 5.74) is 3.50. The number of rotatable bonds is 4. The van der Waals surface area contributed by atoms with Gasteiger partial charge in [-0.15, -0.1) is 0 Å². The molecule has 0 saturated carbocycles. The molecule has 0 heterocycles. The fourth-order valence-electron chi connectivity index (χ4n) is 2.08. The first-order valence-electron chi connectivity index (χ1n) is 7.82.